The summed E-state index contributed by atoms with van der Waals surface area (Å²) >= 11 is 0. The number of fused-ring (bicyclic) bond motifs is 1. The van der Waals surface area contributed by atoms with E-state index in [0.29, 0.717) is 6.29 Å². The lowest BCUT2D eigenvalue weighted by molar-refractivity contribution is -0.133. The van der Waals surface area contributed by atoms with Crippen LogP contribution in [0.4, 0.5) is 10.7 Å². The van der Waals surface area contributed by atoms with Crippen LogP contribution in [-0.2, 0) is 20.9 Å². The first-order valence-electron chi connectivity index (χ1n) is 8.49. The number of nitrogens with two attached hydrogens (primary N) is 1. The SMILES string of the molecule is CC(C)(C)OC(=O)NCCN(CC=O)C(=O)Cn1cnc2c(=O)[nH]c(N)nc21. The number of amides is 2. The molecule has 0 aromatic carbocycles. The molecule has 2 heterocycles. The fraction of sp³-hybridized carbons (Fsp3) is 0.500. The van der Waals surface area contributed by atoms with Crippen molar-refractivity contribution in [1.82, 2.24) is 29.7 Å². The number of anilines is 1. The van der Waals surface area contributed by atoms with E-state index < -0.39 is 23.2 Å². The van der Waals surface area contributed by atoms with Crippen LogP contribution in [-0.4, -0.2) is 67.9 Å². The molecule has 12 nitrogen and oxygen atoms in total. The zero-order chi connectivity index (χ0) is 20.9. The second kappa shape index (κ2) is 8.50. The van der Waals surface area contributed by atoms with Gasteiger partial charge in [-0.2, -0.15) is 4.98 Å². The molecule has 0 aliphatic carbocycles. The first kappa shape index (κ1) is 20.9. The molecule has 0 atom stereocenters. The molecule has 2 amide bonds. The van der Waals surface area contributed by atoms with Gasteiger partial charge in [-0.3, -0.25) is 14.6 Å². The van der Waals surface area contributed by atoms with Gasteiger partial charge < -0.3 is 30.0 Å². The van der Waals surface area contributed by atoms with Gasteiger partial charge in [-0.05, 0) is 20.8 Å². The van der Waals surface area contributed by atoms with E-state index in [0.717, 1.165) is 0 Å². The maximum Gasteiger partial charge on any atom is 0.407 e. The van der Waals surface area contributed by atoms with Crippen molar-refractivity contribution in [2.75, 3.05) is 25.4 Å². The number of aromatic amines is 1. The van der Waals surface area contributed by atoms with Crippen molar-refractivity contribution >= 4 is 35.4 Å². The summed E-state index contributed by atoms with van der Waals surface area (Å²) < 4.78 is 6.47. The molecule has 0 fully saturated rings. The number of carbonyl (C=O) groups excluding carboxylic acids is 3. The van der Waals surface area contributed by atoms with Crippen molar-refractivity contribution in [2.24, 2.45) is 0 Å². The fourth-order valence-electron chi connectivity index (χ4n) is 2.35. The van der Waals surface area contributed by atoms with Crippen LogP contribution in [0, 0.1) is 0 Å². The lowest BCUT2D eigenvalue weighted by Gasteiger charge is -2.22. The number of imidazole rings is 1. The van der Waals surface area contributed by atoms with E-state index in [9.17, 15) is 19.2 Å². The Labute approximate surface area is 160 Å². The first-order valence-corrected chi connectivity index (χ1v) is 8.49. The highest BCUT2D eigenvalue weighted by Gasteiger charge is 2.19. The monoisotopic (exact) mass is 393 g/mol. The number of hydrogen-bond acceptors (Lipinski definition) is 8. The quantitative estimate of drug-likeness (QED) is 0.517. The summed E-state index contributed by atoms with van der Waals surface area (Å²) in [6.07, 6.45) is 1.26. The smallest absolute Gasteiger partial charge is 0.407 e. The number of aldehydes is 1. The highest BCUT2D eigenvalue weighted by Crippen LogP contribution is 2.08. The molecule has 0 saturated heterocycles. The van der Waals surface area contributed by atoms with Gasteiger partial charge in [-0.25, -0.2) is 9.78 Å². The van der Waals surface area contributed by atoms with Crippen LogP contribution in [0.5, 0.6) is 0 Å². The minimum Gasteiger partial charge on any atom is -0.444 e. The molecule has 152 valence electrons. The largest absolute Gasteiger partial charge is 0.444 e. The molecular weight excluding hydrogens is 370 g/mol. The van der Waals surface area contributed by atoms with Crippen LogP contribution >= 0.6 is 0 Å². The van der Waals surface area contributed by atoms with Crippen LogP contribution in [0.3, 0.4) is 0 Å². The normalized spacial score (nSPS) is 11.2. The number of nitrogens with one attached hydrogen (secondary N) is 2. The maximum atomic E-state index is 12.5. The minimum atomic E-state index is -0.641. The van der Waals surface area contributed by atoms with Crippen LogP contribution in [0.1, 0.15) is 20.8 Å². The van der Waals surface area contributed by atoms with E-state index in [1.807, 2.05) is 0 Å². The zero-order valence-electron chi connectivity index (χ0n) is 15.9. The van der Waals surface area contributed by atoms with Crippen LogP contribution in [0.25, 0.3) is 11.2 Å². The van der Waals surface area contributed by atoms with Gasteiger partial charge in [0.2, 0.25) is 11.9 Å². The minimum absolute atomic E-state index is 0.0514. The van der Waals surface area contributed by atoms with E-state index >= 15 is 0 Å². The predicted molar refractivity (Wildman–Crippen MR) is 99.4 cm³/mol. The molecule has 0 aliphatic rings. The van der Waals surface area contributed by atoms with Gasteiger partial charge in [0.1, 0.15) is 18.4 Å². The molecule has 12 heteroatoms. The number of nitrogens with zero attached hydrogens (tertiary/aromatic N) is 4. The second-order valence-electron chi connectivity index (χ2n) is 6.93. The van der Waals surface area contributed by atoms with Crippen molar-refractivity contribution < 1.29 is 19.1 Å². The number of rotatable bonds is 7. The third-order valence-electron chi connectivity index (χ3n) is 3.50. The Balaban J connectivity index is 2.02. The Kier molecular flexibility index (Phi) is 6.33. The summed E-state index contributed by atoms with van der Waals surface area (Å²) in [6, 6.07) is 0. The molecule has 2 aromatic heterocycles. The first-order chi connectivity index (χ1) is 13.1. The summed E-state index contributed by atoms with van der Waals surface area (Å²) in [6.45, 7) is 5.04. The van der Waals surface area contributed by atoms with E-state index in [1.54, 1.807) is 20.8 Å². The van der Waals surface area contributed by atoms with Crippen LogP contribution in [0.2, 0.25) is 0 Å². The number of ether oxygens (including phenoxy) is 1. The number of carbonyl (C=O) groups is 3. The standard InChI is InChI=1S/C16H23N7O5/c1-16(2,3)28-15(27)18-4-5-22(6-7-24)10(25)8-23-9-19-11-12(23)20-14(17)21-13(11)26/h7,9H,4-6,8H2,1-3H3,(H,18,27)(H3,17,20,21,26). The number of aromatic nitrogens is 4. The van der Waals surface area contributed by atoms with Gasteiger partial charge in [0.15, 0.2) is 11.2 Å². The van der Waals surface area contributed by atoms with Gasteiger partial charge in [-0.15, -0.1) is 0 Å². The number of H-pyrrole nitrogens is 1. The molecule has 2 rings (SSSR count). The Morgan fingerprint density at radius 3 is 2.79 bits per heavy atom. The van der Waals surface area contributed by atoms with Crippen LogP contribution < -0.4 is 16.6 Å². The third kappa shape index (κ3) is 5.53. The van der Waals surface area contributed by atoms with E-state index in [-0.39, 0.29) is 43.3 Å². The van der Waals surface area contributed by atoms with Gasteiger partial charge in [0.25, 0.3) is 5.56 Å². The third-order valence-corrected chi connectivity index (χ3v) is 3.50. The summed E-state index contributed by atoms with van der Waals surface area (Å²) in [5.74, 6) is -0.518. The number of hydrogen-bond donors (Lipinski definition) is 3. The Hall–Kier alpha value is -3.44. The second-order valence-corrected chi connectivity index (χ2v) is 6.93. The van der Waals surface area contributed by atoms with Crippen LogP contribution in [0.15, 0.2) is 11.1 Å². The zero-order valence-corrected chi connectivity index (χ0v) is 15.9. The number of alkyl carbamates (subject to hydrolysis) is 1. The highest BCUT2D eigenvalue weighted by molar-refractivity contribution is 5.80. The Bertz CT molecular complexity index is 928. The van der Waals surface area contributed by atoms with E-state index in [1.165, 1.54) is 15.8 Å². The molecule has 2 aromatic rings. The summed E-state index contributed by atoms with van der Waals surface area (Å²) in [5.41, 5.74) is 4.58. The molecule has 0 aliphatic heterocycles. The molecule has 0 spiro atoms. The molecule has 28 heavy (non-hydrogen) atoms. The average Bonchev–Trinajstić information content (AvgIpc) is 2.95. The molecule has 0 radical (unpaired) electrons. The van der Waals surface area contributed by atoms with Gasteiger partial charge >= 0.3 is 6.09 Å². The van der Waals surface area contributed by atoms with Gasteiger partial charge in [0.05, 0.1) is 12.9 Å². The van der Waals surface area contributed by atoms with E-state index in [2.05, 4.69) is 20.3 Å². The average molecular weight is 393 g/mol. The molecular formula is C16H23N7O5. The maximum absolute atomic E-state index is 12.5. The lowest BCUT2D eigenvalue weighted by atomic mass is 10.2. The van der Waals surface area contributed by atoms with E-state index in [4.69, 9.17) is 10.5 Å². The van der Waals surface area contributed by atoms with Gasteiger partial charge in [0, 0.05) is 13.1 Å². The molecule has 0 bridgehead atoms. The Morgan fingerprint density at radius 2 is 2.14 bits per heavy atom. The lowest BCUT2D eigenvalue weighted by Crippen LogP contribution is -2.42. The van der Waals surface area contributed by atoms with Crippen molar-refractivity contribution in [2.45, 2.75) is 32.9 Å². The van der Waals surface area contributed by atoms with Crippen molar-refractivity contribution in [3.63, 3.8) is 0 Å². The highest BCUT2D eigenvalue weighted by atomic mass is 16.6. The summed E-state index contributed by atoms with van der Waals surface area (Å²) in [4.78, 5) is 58.4. The van der Waals surface area contributed by atoms with Crippen molar-refractivity contribution in [3.8, 4) is 0 Å². The van der Waals surface area contributed by atoms with Crippen molar-refractivity contribution in [3.05, 3.63) is 16.7 Å². The fourth-order valence-corrected chi connectivity index (χ4v) is 2.35. The topological polar surface area (TPSA) is 165 Å². The molecule has 0 saturated carbocycles. The van der Waals surface area contributed by atoms with Gasteiger partial charge in [-0.1, -0.05) is 0 Å². The molecule has 4 N–H and O–H groups in total. The number of nitrogen functional groups attached to an aromatic ring is 1. The molecule has 0 unspecified atom stereocenters. The Morgan fingerprint density at radius 1 is 1.43 bits per heavy atom. The summed E-state index contributed by atoms with van der Waals surface area (Å²) in [5, 5.41) is 2.52. The van der Waals surface area contributed by atoms with Crippen molar-refractivity contribution in [1.29, 1.82) is 0 Å². The summed E-state index contributed by atoms with van der Waals surface area (Å²) in [7, 11) is 0. The predicted octanol–water partition coefficient (Wildman–Crippen LogP) is -0.746.